The third-order valence-electron chi connectivity index (χ3n) is 2.67. The van der Waals surface area contributed by atoms with Gasteiger partial charge in [-0.2, -0.15) is 5.10 Å². The van der Waals surface area contributed by atoms with Crippen molar-refractivity contribution in [3.05, 3.63) is 51.7 Å². The molecular weight excluding hydrogens is 314 g/mol. The summed E-state index contributed by atoms with van der Waals surface area (Å²) >= 11 is 1.58. The minimum atomic E-state index is -0.434. The summed E-state index contributed by atoms with van der Waals surface area (Å²) in [5, 5.41) is 15.8. The molecule has 1 aromatic carbocycles. The minimum Gasteiger partial charge on any atom is -0.261 e. The average Bonchev–Trinajstić information content (AvgIpc) is 2.46. The van der Waals surface area contributed by atoms with Crippen LogP contribution in [0.3, 0.4) is 0 Å². The van der Waals surface area contributed by atoms with E-state index in [1.54, 1.807) is 36.2 Å². The summed E-state index contributed by atoms with van der Waals surface area (Å²) in [7, 11) is 0. The van der Waals surface area contributed by atoms with E-state index in [4.69, 9.17) is 0 Å². The number of thioether (sulfide) groups is 1. The summed E-state index contributed by atoms with van der Waals surface area (Å²) in [5.74, 6) is 0.610. The Morgan fingerprint density at radius 1 is 1.30 bits per heavy atom. The maximum atomic E-state index is 10.6. The predicted octanol–water partition coefficient (Wildman–Crippen LogP) is 3.64. The number of hydrogen-bond donors (Lipinski definition) is 1. The van der Waals surface area contributed by atoms with Crippen LogP contribution in [0.2, 0.25) is 0 Å². The maximum absolute atomic E-state index is 10.6. The molecule has 0 spiro atoms. The van der Waals surface area contributed by atoms with Gasteiger partial charge in [-0.15, -0.1) is 0 Å². The van der Waals surface area contributed by atoms with E-state index in [2.05, 4.69) is 34.3 Å². The van der Waals surface area contributed by atoms with Gasteiger partial charge in [-0.1, -0.05) is 25.6 Å². The molecule has 0 aliphatic heterocycles. The molecule has 0 amide bonds. The Balaban J connectivity index is 2.04. The Labute approximate surface area is 138 Å². The molecule has 1 heterocycles. The minimum absolute atomic E-state index is 0.0527. The van der Waals surface area contributed by atoms with Crippen LogP contribution in [0.15, 0.2) is 40.6 Å². The van der Waals surface area contributed by atoms with E-state index in [0.29, 0.717) is 16.2 Å². The fourth-order valence-corrected chi connectivity index (χ4v) is 2.49. The molecule has 120 valence electrons. The van der Waals surface area contributed by atoms with Crippen LogP contribution >= 0.6 is 11.8 Å². The van der Waals surface area contributed by atoms with E-state index < -0.39 is 4.92 Å². The molecular formula is C15H17N5O2S. The van der Waals surface area contributed by atoms with Crippen LogP contribution in [0.1, 0.15) is 25.1 Å². The van der Waals surface area contributed by atoms with Crippen LogP contribution in [-0.2, 0) is 0 Å². The van der Waals surface area contributed by atoms with Crippen LogP contribution in [0.5, 0.6) is 0 Å². The summed E-state index contributed by atoms with van der Waals surface area (Å²) in [6, 6.07) is 7.95. The molecule has 0 fully saturated rings. The maximum Gasteiger partial charge on any atom is 0.269 e. The zero-order valence-electron chi connectivity index (χ0n) is 13.1. The van der Waals surface area contributed by atoms with Crippen molar-refractivity contribution in [2.75, 3.05) is 5.43 Å². The van der Waals surface area contributed by atoms with Crippen molar-refractivity contribution >= 4 is 29.5 Å². The van der Waals surface area contributed by atoms with Gasteiger partial charge in [-0.3, -0.25) is 15.5 Å². The Morgan fingerprint density at radius 3 is 2.61 bits per heavy atom. The smallest absolute Gasteiger partial charge is 0.261 e. The molecule has 0 bridgehead atoms. The molecule has 0 atom stereocenters. The second-order valence-electron chi connectivity index (χ2n) is 5.06. The van der Waals surface area contributed by atoms with E-state index in [9.17, 15) is 10.1 Å². The zero-order valence-corrected chi connectivity index (χ0v) is 13.9. The molecule has 8 heteroatoms. The number of nitrogens with zero attached hydrogens (tertiary/aromatic N) is 4. The van der Waals surface area contributed by atoms with Gasteiger partial charge >= 0.3 is 0 Å². The van der Waals surface area contributed by atoms with E-state index >= 15 is 0 Å². The SMILES string of the molecule is Cc1cc(N/N=C/c2ccc([N+](=O)[O-])cc2)nc(SC(C)C)n1. The average molecular weight is 331 g/mol. The van der Waals surface area contributed by atoms with Gasteiger partial charge < -0.3 is 0 Å². The van der Waals surface area contributed by atoms with E-state index in [1.165, 1.54) is 12.1 Å². The highest BCUT2D eigenvalue weighted by molar-refractivity contribution is 7.99. The van der Waals surface area contributed by atoms with Gasteiger partial charge in [0.1, 0.15) is 0 Å². The fraction of sp³-hybridized carbons (Fsp3) is 0.267. The van der Waals surface area contributed by atoms with Gasteiger partial charge in [-0.25, -0.2) is 9.97 Å². The van der Waals surface area contributed by atoms with Gasteiger partial charge in [0.25, 0.3) is 5.69 Å². The predicted molar refractivity (Wildman–Crippen MR) is 92.1 cm³/mol. The molecule has 2 aromatic rings. The summed E-state index contributed by atoms with van der Waals surface area (Å²) in [5.41, 5.74) is 4.52. The molecule has 0 unspecified atom stereocenters. The summed E-state index contributed by atoms with van der Waals surface area (Å²) in [6.45, 7) is 6.06. The number of benzene rings is 1. The summed E-state index contributed by atoms with van der Waals surface area (Å²) < 4.78 is 0. The van der Waals surface area contributed by atoms with Crippen molar-refractivity contribution in [2.24, 2.45) is 5.10 Å². The van der Waals surface area contributed by atoms with E-state index in [-0.39, 0.29) is 5.69 Å². The zero-order chi connectivity index (χ0) is 16.8. The molecule has 0 aliphatic carbocycles. The molecule has 2 rings (SSSR count). The largest absolute Gasteiger partial charge is 0.269 e. The topological polar surface area (TPSA) is 93.3 Å². The standard InChI is InChI=1S/C15H17N5O2S/c1-10(2)23-15-17-11(3)8-14(18-15)19-16-9-12-4-6-13(7-5-12)20(21)22/h4-10H,1-3H3,(H,17,18,19)/b16-9+. The highest BCUT2D eigenvalue weighted by Gasteiger charge is 2.05. The molecule has 7 nitrogen and oxygen atoms in total. The highest BCUT2D eigenvalue weighted by Crippen LogP contribution is 2.20. The van der Waals surface area contributed by atoms with Crippen molar-refractivity contribution < 1.29 is 4.92 Å². The lowest BCUT2D eigenvalue weighted by atomic mass is 10.2. The normalized spacial score (nSPS) is 11.1. The molecule has 23 heavy (non-hydrogen) atoms. The second kappa shape index (κ2) is 7.68. The highest BCUT2D eigenvalue weighted by atomic mass is 32.2. The van der Waals surface area contributed by atoms with Gasteiger partial charge in [0, 0.05) is 29.1 Å². The molecule has 1 N–H and O–H groups in total. The molecule has 0 aliphatic rings. The quantitative estimate of drug-likeness (QED) is 0.285. The first-order valence-electron chi connectivity index (χ1n) is 7.00. The Kier molecular flexibility index (Phi) is 5.64. The van der Waals surface area contributed by atoms with Crippen molar-refractivity contribution in [3.63, 3.8) is 0 Å². The lowest BCUT2D eigenvalue weighted by Crippen LogP contribution is -2.00. The first kappa shape index (κ1) is 16.9. The molecule has 0 saturated carbocycles. The third kappa shape index (κ3) is 5.33. The number of nitrogens with one attached hydrogen (secondary N) is 1. The fourth-order valence-electron chi connectivity index (χ4n) is 1.72. The van der Waals surface area contributed by atoms with Crippen LogP contribution in [-0.4, -0.2) is 26.4 Å². The van der Waals surface area contributed by atoms with E-state index in [0.717, 1.165) is 11.3 Å². The van der Waals surface area contributed by atoms with Gasteiger partial charge in [0.15, 0.2) is 11.0 Å². The summed E-state index contributed by atoms with van der Waals surface area (Å²) in [6.07, 6.45) is 1.58. The van der Waals surface area contributed by atoms with Crippen LogP contribution < -0.4 is 5.43 Å². The number of aromatic nitrogens is 2. The van der Waals surface area contributed by atoms with Crippen molar-refractivity contribution in [1.29, 1.82) is 0 Å². The van der Waals surface area contributed by atoms with E-state index in [1.807, 2.05) is 6.92 Å². The second-order valence-corrected chi connectivity index (χ2v) is 6.61. The Bertz CT molecular complexity index is 716. The Hall–Kier alpha value is -2.48. The molecule has 1 aromatic heterocycles. The van der Waals surface area contributed by atoms with Gasteiger partial charge in [0.2, 0.25) is 0 Å². The number of hydrazone groups is 1. The monoisotopic (exact) mass is 331 g/mol. The summed E-state index contributed by atoms with van der Waals surface area (Å²) in [4.78, 5) is 18.9. The number of hydrogen-bond acceptors (Lipinski definition) is 7. The third-order valence-corrected chi connectivity index (χ3v) is 3.54. The number of nitro benzene ring substituents is 1. The number of non-ortho nitro benzene ring substituents is 1. The lowest BCUT2D eigenvalue weighted by molar-refractivity contribution is -0.384. The molecule has 0 saturated heterocycles. The first-order chi connectivity index (χ1) is 10.9. The van der Waals surface area contributed by atoms with Crippen LogP contribution in [0, 0.1) is 17.0 Å². The van der Waals surface area contributed by atoms with Crippen LogP contribution in [0.4, 0.5) is 11.5 Å². The number of rotatable bonds is 6. The van der Waals surface area contributed by atoms with Crippen LogP contribution in [0.25, 0.3) is 0 Å². The lowest BCUT2D eigenvalue weighted by Gasteiger charge is -2.06. The van der Waals surface area contributed by atoms with Gasteiger partial charge in [-0.05, 0) is 24.6 Å². The van der Waals surface area contributed by atoms with Crippen molar-refractivity contribution in [2.45, 2.75) is 31.2 Å². The molecule has 0 radical (unpaired) electrons. The van der Waals surface area contributed by atoms with Gasteiger partial charge in [0.05, 0.1) is 11.1 Å². The first-order valence-corrected chi connectivity index (χ1v) is 7.88. The Morgan fingerprint density at radius 2 is 2.00 bits per heavy atom. The number of aryl methyl sites for hydroxylation is 1. The number of anilines is 1. The van der Waals surface area contributed by atoms with Crippen molar-refractivity contribution in [1.82, 2.24) is 9.97 Å². The number of nitro groups is 1. The van der Waals surface area contributed by atoms with Crippen molar-refractivity contribution in [3.8, 4) is 0 Å².